The fourth-order valence-corrected chi connectivity index (χ4v) is 5.90. The molecular formula is C27H18BrNO6. The number of carbonyl (C=O) groups excluding carboxylic acids is 4. The first-order chi connectivity index (χ1) is 16.9. The van der Waals surface area contributed by atoms with Gasteiger partial charge in [0.1, 0.15) is 5.75 Å². The van der Waals surface area contributed by atoms with Gasteiger partial charge in [0.05, 0.1) is 30.7 Å². The number of methoxy groups -OCH3 is 1. The van der Waals surface area contributed by atoms with Crippen LogP contribution in [0.2, 0.25) is 0 Å². The Morgan fingerprint density at radius 1 is 0.857 bits per heavy atom. The Morgan fingerprint density at radius 3 is 2.11 bits per heavy atom. The van der Waals surface area contributed by atoms with Crippen molar-refractivity contribution in [3.63, 3.8) is 0 Å². The predicted molar refractivity (Wildman–Crippen MR) is 128 cm³/mol. The number of rotatable bonds is 3. The summed E-state index contributed by atoms with van der Waals surface area (Å²) in [5, 5.41) is 0. The van der Waals surface area contributed by atoms with E-state index >= 15 is 0 Å². The number of benzene rings is 3. The van der Waals surface area contributed by atoms with Crippen LogP contribution in [0.25, 0.3) is 0 Å². The van der Waals surface area contributed by atoms with Gasteiger partial charge >= 0.3 is 0 Å². The smallest absolute Gasteiger partial charge is 0.241 e. The third-order valence-corrected chi connectivity index (χ3v) is 7.52. The zero-order valence-corrected chi connectivity index (χ0v) is 20.0. The first kappa shape index (κ1) is 21.9. The van der Waals surface area contributed by atoms with Crippen molar-refractivity contribution in [1.29, 1.82) is 0 Å². The average Bonchev–Trinajstić information content (AvgIpc) is 3.44. The van der Waals surface area contributed by atoms with E-state index in [0.717, 1.165) is 9.37 Å². The number of ketones is 2. The van der Waals surface area contributed by atoms with Crippen molar-refractivity contribution in [2.24, 2.45) is 11.8 Å². The number of carbonyl (C=O) groups is 4. The molecule has 0 radical (unpaired) electrons. The van der Waals surface area contributed by atoms with Crippen molar-refractivity contribution >= 4 is 45.0 Å². The number of fused-ring (bicyclic) bond motifs is 3. The lowest BCUT2D eigenvalue weighted by molar-refractivity contribution is -0.127. The van der Waals surface area contributed by atoms with E-state index in [1.165, 1.54) is 7.11 Å². The number of hydrogen-bond donors (Lipinski definition) is 0. The van der Waals surface area contributed by atoms with Crippen LogP contribution in [-0.2, 0) is 14.3 Å². The molecule has 174 valence electrons. The van der Waals surface area contributed by atoms with Crippen LogP contribution in [0, 0.1) is 11.8 Å². The lowest BCUT2D eigenvalue weighted by Crippen LogP contribution is -2.51. The molecule has 6 rings (SSSR count). The molecule has 3 aromatic rings. The summed E-state index contributed by atoms with van der Waals surface area (Å²) in [5.41, 5.74) is -0.743. The minimum Gasteiger partial charge on any atom is -0.497 e. The van der Waals surface area contributed by atoms with Crippen LogP contribution in [-0.4, -0.2) is 36.1 Å². The van der Waals surface area contributed by atoms with Crippen LogP contribution in [0.4, 0.5) is 5.69 Å². The molecule has 0 saturated carbocycles. The van der Waals surface area contributed by atoms with Gasteiger partial charge in [0.15, 0.2) is 0 Å². The molecular weight excluding hydrogens is 514 g/mol. The second-order valence-electron chi connectivity index (χ2n) is 8.75. The normalized spacial score (nSPS) is 24.3. The van der Waals surface area contributed by atoms with Gasteiger partial charge in [0.2, 0.25) is 29.0 Å². The van der Waals surface area contributed by atoms with E-state index in [9.17, 15) is 19.2 Å². The molecule has 8 heteroatoms. The number of anilines is 1. The molecule has 1 aliphatic carbocycles. The predicted octanol–water partition coefficient (Wildman–Crippen LogP) is 4.15. The molecule has 7 nitrogen and oxygen atoms in total. The lowest BCUT2D eigenvalue weighted by atomic mass is 9.77. The van der Waals surface area contributed by atoms with Crippen molar-refractivity contribution in [2.45, 2.75) is 11.7 Å². The second kappa shape index (κ2) is 7.69. The summed E-state index contributed by atoms with van der Waals surface area (Å²) >= 11 is 3.43. The molecule has 3 aromatic carbocycles. The molecule has 3 aliphatic rings. The molecule has 2 heterocycles. The van der Waals surface area contributed by atoms with Gasteiger partial charge in [-0.05, 0) is 42.0 Å². The Morgan fingerprint density at radius 2 is 1.51 bits per heavy atom. The van der Waals surface area contributed by atoms with Crippen molar-refractivity contribution in [2.75, 3.05) is 12.0 Å². The molecule has 2 aliphatic heterocycles. The van der Waals surface area contributed by atoms with E-state index < -0.39 is 46.9 Å². The first-order valence-electron chi connectivity index (χ1n) is 11.0. The summed E-state index contributed by atoms with van der Waals surface area (Å²) < 4.78 is 12.2. The SMILES string of the molecule is COc1ccc(N2C(=O)C3C(c4cccc(Br)c4)OC4(C(=O)c5ccccc5C4=O)C3C2=O)cc1. The zero-order valence-electron chi connectivity index (χ0n) is 18.4. The van der Waals surface area contributed by atoms with Gasteiger partial charge in [0.25, 0.3) is 0 Å². The molecule has 0 N–H and O–H groups in total. The molecule has 3 atom stereocenters. The summed E-state index contributed by atoms with van der Waals surface area (Å²) in [6, 6.07) is 20.0. The van der Waals surface area contributed by atoms with Gasteiger partial charge in [-0.3, -0.25) is 19.2 Å². The summed E-state index contributed by atoms with van der Waals surface area (Å²) in [6.07, 6.45) is -0.959. The number of ether oxygens (including phenoxy) is 2. The Hall–Kier alpha value is -3.62. The van der Waals surface area contributed by atoms with Crippen LogP contribution in [0.3, 0.4) is 0 Å². The molecule has 35 heavy (non-hydrogen) atoms. The molecule has 3 unspecified atom stereocenters. The number of Topliss-reactive ketones (excluding diaryl/α,β-unsaturated/α-hetero) is 2. The first-order valence-corrected chi connectivity index (χ1v) is 11.8. The van der Waals surface area contributed by atoms with E-state index in [4.69, 9.17) is 9.47 Å². The highest BCUT2D eigenvalue weighted by Gasteiger charge is 2.74. The van der Waals surface area contributed by atoms with Gasteiger partial charge in [-0.2, -0.15) is 0 Å². The maximum Gasteiger partial charge on any atom is 0.241 e. The fourth-order valence-electron chi connectivity index (χ4n) is 5.49. The molecule has 2 saturated heterocycles. The molecule has 1 spiro atoms. The monoisotopic (exact) mass is 531 g/mol. The minimum atomic E-state index is -2.09. The number of imide groups is 1. The fraction of sp³-hybridized carbons (Fsp3) is 0.185. The van der Waals surface area contributed by atoms with Crippen LogP contribution in [0.1, 0.15) is 32.4 Å². The maximum atomic E-state index is 13.9. The topological polar surface area (TPSA) is 90.0 Å². The van der Waals surface area contributed by atoms with Gasteiger partial charge in [0, 0.05) is 15.6 Å². The molecule has 0 aromatic heterocycles. The highest BCUT2D eigenvalue weighted by molar-refractivity contribution is 9.10. The summed E-state index contributed by atoms with van der Waals surface area (Å²) in [5.74, 6) is -4.06. The third-order valence-electron chi connectivity index (χ3n) is 7.03. The highest BCUT2D eigenvalue weighted by atomic mass is 79.9. The van der Waals surface area contributed by atoms with Crippen molar-refractivity contribution in [3.05, 3.63) is 94.0 Å². The Labute approximate surface area is 208 Å². The van der Waals surface area contributed by atoms with Gasteiger partial charge in [-0.1, -0.05) is 52.3 Å². The van der Waals surface area contributed by atoms with Gasteiger partial charge in [-0.25, -0.2) is 4.90 Å². The van der Waals surface area contributed by atoms with Gasteiger partial charge < -0.3 is 9.47 Å². The number of nitrogens with zero attached hydrogens (tertiary/aromatic N) is 1. The maximum absolute atomic E-state index is 13.9. The van der Waals surface area contributed by atoms with E-state index in [1.54, 1.807) is 66.7 Å². The van der Waals surface area contributed by atoms with Crippen molar-refractivity contribution in [1.82, 2.24) is 0 Å². The summed E-state index contributed by atoms with van der Waals surface area (Å²) in [4.78, 5) is 56.2. The van der Waals surface area contributed by atoms with Gasteiger partial charge in [-0.15, -0.1) is 0 Å². The number of halogens is 1. The molecule has 2 amide bonds. The Balaban J connectivity index is 1.53. The van der Waals surface area contributed by atoms with E-state index in [1.807, 2.05) is 6.07 Å². The van der Waals surface area contributed by atoms with Crippen LogP contribution in [0.5, 0.6) is 5.75 Å². The summed E-state index contributed by atoms with van der Waals surface area (Å²) in [6.45, 7) is 0. The molecule has 0 bridgehead atoms. The van der Waals surface area contributed by atoms with E-state index in [-0.39, 0.29) is 11.1 Å². The minimum absolute atomic E-state index is 0.203. The Bertz CT molecular complexity index is 1400. The number of hydrogen-bond acceptors (Lipinski definition) is 6. The summed E-state index contributed by atoms with van der Waals surface area (Å²) in [7, 11) is 1.52. The van der Waals surface area contributed by atoms with Crippen molar-refractivity contribution < 1.29 is 28.7 Å². The van der Waals surface area contributed by atoms with Crippen molar-refractivity contribution in [3.8, 4) is 5.75 Å². The van der Waals surface area contributed by atoms with E-state index in [2.05, 4.69) is 15.9 Å². The van der Waals surface area contributed by atoms with E-state index in [0.29, 0.717) is 17.0 Å². The zero-order chi connectivity index (χ0) is 24.5. The largest absolute Gasteiger partial charge is 0.497 e. The van der Waals surface area contributed by atoms with Crippen LogP contribution in [0.15, 0.2) is 77.3 Å². The van der Waals surface area contributed by atoms with Crippen LogP contribution >= 0.6 is 15.9 Å². The number of amides is 2. The third kappa shape index (κ3) is 2.87. The lowest BCUT2D eigenvalue weighted by Gasteiger charge is -2.27. The quantitative estimate of drug-likeness (QED) is 0.372. The Kier molecular flexibility index (Phi) is 4.81. The highest BCUT2D eigenvalue weighted by Crippen LogP contribution is 2.57. The molecule has 2 fully saturated rings. The average molecular weight is 532 g/mol. The standard InChI is InChI=1S/C27H18BrNO6/c1-34-17-11-9-16(10-12-17)29-25(32)20-21(26(29)33)27(35-22(20)14-5-4-6-15(28)13-14)23(30)18-7-2-3-8-19(18)24(27)31/h2-13,20-22H,1H3. The van der Waals surface area contributed by atoms with Crippen LogP contribution < -0.4 is 9.64 Å². The second-order valence-corrected chi connectivity index (χ2v) is 9.66.